The first-order valence-electron chi connectivity index (χ1n) is 14.8. The topological polar surface area (TPSA) is 119 Å². The number of carbonyl (C=O) groups is 2. The molecule has 232 valence electrons. The van der Waals surface area contributed by atoms with E-state index < -0.39 is 17.2 Å². The monoisotopic (exact) mass is 628 g/mol. The van der Waals surface area contributed by atoms with Crippen LogP contribution in [0.25, 0.3) is 11.0 Å². The Morgan fingerprint density at radius 2 is 1.81 bits per heavy atom. The van der Waals surface area contributed by atoms with E-state index >= 15 is 0 Å². The van der Waals surface area contributed by atoms with Crippen LogP contribution in [0.2, 0.25) is 5.02 Å². The number of ether oxygens (including phenoxy) is 1. The van der Waals surface area contributed by atoms with Crippen molar-refractivity contribution < 1.29 is 14.3 Å². The first-order valence-corrected chi connectivity index (χ1v) is 15.6. The van der Waals surface area contributed by atoms with E-state index in [1.807, 2.05) is 36.5 Å². The summed E-state index contributed by atoms with van der Waals surface area (Å²) < 4.78 is 7.14. The molecule has 11 nitrogen and oxygen atoms in total. The molecule has 13 heteroatoms. The molecule has 2 aliphatic rings. The van der Waals surface area contributed by atoms with E-state index in [4.69, 9.17) is 29.2 Å². The van der Waals surface area contributed by atoms with Gasteiger partial charge in [0.2, 0.25) is 0 Å². The molecule has 3 aromatic rings. The van der Waals surface area contributed by atoms with Gasteiger partial charge in [-0.3, -0.25) is 9.10 Å². The number of rotatable bonds is 8. The average molecular weight is 629 g/mol. The highest BCUT2D eigenvalue weighted by molar-refractivity contribution is 7.78. The zero-order chi connectivity index (χ0) is 30.6. The summed E-state index contributed by atoms with van der Waals surface area (Å²) in [5, 5.41) is 7.91. The number of piperidine rings is 1. The number of piperazine rings is 1. The van der Waals surface area contributed by atoms with Crippen molar-refractivity contribution in [1.29, 1.82) is 0 Å². The van der Waals surface area contributed by atoms with Crippen LogP contribution in [0.5, 0.6) is 0 Å². The van der Waals surface area contributed by atoms with Crippen LogP contribution in [0.3, 0.4) is 0 Å². The smallest absolute Gasteiger partial charge is 0.408 e. The maximum Gasteiger partial charge on any atom is 0.408 e. The Labute approximate surface area is 263 Å². The third-order valence-electron chi connectivity index (χ3n) is 8.09. The Hall–Kier alpha value is -3.06. The van der Waals surface area contributed by atoms with E-state index in [1.54, 1.807) is 20.8 Å². The lowest BCUT2D eigenvalue weighted by Crippen LogP contribution is -2.63. The quantitative estimate of drug-likeness (QED) is 0.274. The van der Waals surface area contributed by atoms with Crippen molar-refractivity contribution in [3.63, 3.8) is 0 Å². The van der Waals surface area contributed by atoms with Crippen molar-refractivity contribution in [3.05, 3.63) is 53.4 Å². The first-order chi connectivity index (χ1) is 20.5. The van der Waals surface area contributed by atoms with Crippen LogP contribution >= 0.6 is 24.4 Å². The Bertz CT molecular complexity index is 1400. The lowest BCUT2D eigenvalue weighted by atomic mass is 9.85. The highest BCUT2D eigenvalue weighted by Crippen LogP contribution is 2.35. The summed E-state index contributed by atoms with van der Waals surface area (Å²) in [6.45, 7) is 11.0. The summed E-state index contributed by atoms with van der Waals surface area (Å²) >= 11 is 11.1. The molecule has 2 aromatic heterocycles. The zero-order valence-corrected chi connectivity index (χ0v) is 26.6. The lowest BCUT2D eigenvalue weighted by Gasteiger charge is -2.44. The number of thiol groups is 1. The van der Waals surface area contributed by atoms with Gasteiger partial charge in [-0.25, -0.2) is 14.8 Å². The van der Waals surface area contributed by atoms with Crippen LogP contribution in [0.4, 0.5) is 10.6 Å². The number of amides is 2. The molecule has 43 heavy (non-hydrogen) atoms. The Kier molecular flexibility index (Phi) is 9.70. The van der Waals surface area contributed by atoms with Crippen LogP contribution in [-0.2, 0) is 9.53 Å². The molecule has 0 spiro atoms. The summed E-state index contributed by atoms with van der Waals surface area (Å²) in [7, 11) is 0. The Balaban J connectivity index is 1.40. The largest absolute Gasteiger partial charge is 0.444 e. The molecule has 1 aromatic carbocycles. The molecule has 4 heterocycles. The number of anilines is 1. The molecule has 5 rings (SSSR count). The molecule has 2 aliphatic heterocycles. The number of benzene rings is 1. The summed E-state index contributed by atoms with van der Waals surface area (Å²) in [5.41, 5.74) is -0.249. The number of halogens is 1. The zero-order valence-electron chi connectivity index (χ0n) is 25.0. The third-order valence-corrected chi connectivity index (χ3v) is 8.80. The number of hydrogen-bond donors (Lipinski definition) is 4. The van der Waals surface area contributed by atoms with Gasteiger partial charge >= 0.3 is 6.09 Å². The molecule has 2 saturated heterocycles. The summed E-state index contributed by atoms with van der Waals surface area (Å²) in [5.74, 6) is 0.526. The molecule has 0 bridgehead atoms. The Morgan fingerprint density at radius 3 is 2.49 bits per heavy atom. The predicted molar refractivity (Wildman–Crippen MR) is 171 cm³/mol. The fourth-order valence-electron chi connectivity index (χ4n) is 5.82. The summed E-state index contributed by atoms with van der Waals surface area (Å²) in [4.78, 5) is 44.2. The standard InChI is InChI=1S/C30H41ClN8O3S/c1-29(2,3)42-28(41)36-30(10-16-38(17-11-30)26-23-8-12-33-25(23)34-20-35-26)27(40)39(43)24(21-4-6-22(31)7-5-21)9-15-37-18-13-32-14-19-37/h4-8,12,20,24,32,43H,9-11,13-19H2,1-3H3,(H,36,41)(H,33,34,35)/t24-/m0/s1. The lowest BCUT2D eigenvalue weighted by molar-refractivity contribution is -0.135. The van der Waals surface area contributed by atoms with Gasteiger partial charge in [-0.1, -0.05) is 36.5 Å². The highest BCUT2D eigenvalue weighted by Gasteiger charge is 2.47. The maximum atomic E-state index is 14.5. The second-order valence-corrected chi connectivity index (χ2v) is 13.1. The van der Waals surface area contributed by atoms with Crippen molar-refractivity contribution in [2.75, 3.05) is 50.7 Å². The van der Waals surface area contributed by atoms with Gasteiger partial charge in [0.25, 0.3) is 5.91 Å². The maximum absolute atomic E-state index is 14.5. The van der Waals surface area contributed by atoms with Gasteiger partial charge in [0.05, 0.1) is 11.4 Å². The molecular weight excluding hydrogens is 588 g/mol. The molecule has 3 N–H and O–H groups in total. The van der Waals surface area contributed by atoms with Crippen LogP contribution in [-0.4, -0.2) is 93.1 Å². The molecule has 2 amide bonds. The summed E-state index contributed by atoms with van der Waals surface area (Å²) in [6.07, 6.45) is 4.12. The molecule has 2 fully saturated rings. The molecule has 0 saturated carbocycles. The molecule has 1 atom stereocenters. The number of fused-ring (bicyclic) bond motifs is 1. The van der Waals surface area contributed by atoms with Crippen molar-refractivity contribution in [2.45, 2.75) is 57.2 Å². The minimum absolute atomic E-state index is 0.268. The van der Waals surface area contributed by atoms with Crippen LogP contribution in [0.1, 0.15) is 51.6 Å². The number of aromatic nitrogens is 3. The van der Waals surface area contributed by atoms with Crippen molar-refractivity contribution in [1.82, 2.24) is 34.8 Å². The second-order valence-electron chi connectivity index (χ2n) is 12.2. The van der Waals surface area contributed by atoms with Crippen molar-refractivity contribution in [2.24, 2.45) is 0 Å². The number of nitrogens with zero attached hydrogens (tertiary/aromatic N) is 5. The highest BCUT2D eigenvalue weighted by atomic mass is 35.5. The normalized spacial score (nSPS) is 18.3. The van der Waals surface area contributed by atoms with Gasteiger partial charge in [-0.2, -0.15) is 0 Å². The van der Waals surface area contributed by atoms with Crippen molar-refractivity contribution in [3.8, 4) is 0 Å². The van der Waals surface area contributed by atoms with Gasteiger partial charge < -0.3 is 30.2 Å². The van der Waals surface area contributed by atoms with Gasteiger partial charge in [0.15, 0.2) is 0 Å². The molecule has 0 aliphatic carbocycles. The number of alkyl carbamates (subject to hydrolysis) is 1. The van der Waals surface area contributed by atoms with Crippen LogP contribution in [0, 0.1) is 0 Å². The van der Waals surface area contributed by atoms with Gasteiger partial charge in [0, 0.05) is 57.0 Å². The number of aromatic amines is 1. The fourth-order valence-corrected chi connectivity index (χ4v) is 6.38. The predicted octanol–water partition coefficient (Wildman–Crippen LogP) is 4.19. The third kappa shape index (κ3) is 7.54. The Morgan fingerprint density at radius 1 is 1.12 bits per heavy atom. The average Bonchev–Trinajstić information content (AvgIpc) is 3.47. The molecule has 0 unspecified atom stereocenters. The number of nitrogens with one attached hydrogen (secondary N) is 3. The van der Waals surface area contributed by atoms with E-state index in [0.717, 1.165) is 55.1 Å². The minimum atomic E-state index is -1.22. The second kappa shape index (κ2) is 13.3. The van der Waals surface area contributed by atoms with Crippen LogP contribution in [0.15, 0.2) is 42.9 Å². The van der Waals surface area contributed by atoms with Gasteiger partial charge in [-0.05, 0) is 63.8 Å². The first kappa shape index (κ1) is 31.4. The van der Waals surface area contributed by atoms with E-state index in [-0.39, 0.29) is 11.9 Å². The number of hydrogen-bond acceptors (Lipinski definition) is 9. The van der Waals surface area contributed by atoms with Crippen molar-refractivity contribution >= 4 is 53.3 Å². The fraction of sp³-hybridized carbons (Fsp3) is 0.533. The molecule has 0 radical (unpaired) electrons. The van der Waals surface area contributed by atoms with E-state index in [1.165, 1.54) is 10.6 Å². The van der Waals surface area contributed by atoms with E-state index in [0.29, 0.717) is 37.4 Å². The van der Waals surface area contributed by atoms with Gasteiger partial charge in [0.1, 0.15) is 28.9 Å². The summed E-state index contributed by atoms with van der Waals surface area (Å²) in [6, 6.07) is 9.15. The van der Waals surface area contributed by atoms with Crippen LogP contribution < -0.4 is 15.5 Å². The number of H-pyrrole nitrogens is 1. The number of carbonyl (C=O) groups excluding carboxylic acids is 2. The minimum Gasteiger partial charge on any atom is -0.444 e. The van der Waals surface area contributed by atoms with E-state index in [9.17, 15) is 9.59 Å². The van der Waals surface area contributed by atoms with E-state index in [2.05, 4.69) is 35.4 Å². The molecular formula is C30H41ClN8O3S. The van der Waals surface area contributed by atoms with Gasteiger partial charge in [-0.15, -0.1) is 0 Å². The SMILES string of the molecule is CC(C)(C)OC(=O)NC1(C(=O)N(S)[C@@H](CCN2CCNCC2)c2ccc(Cl)cc2)CCN(c2ncnc3[nH]ccc23)CC1.